The summed E-state index contributed by atoms with van der Waals surface area (Å²) in [5.41, 5.74) is 0.0381. The molecule has 4 nitrogen and oxygen atoms in total. The molecule has 1 heterocycles. The van der Waals surface area contributed by atoms with Crippen molar-refractivity contribution in [3.8, 4) is 0 Å². The van der Waals surface area contributed by atoms with Crippen LogP contribution < -0.4 is 4.89 Å². The van der Waals surface area contributed by atoms with Gasteiger partial charge in [-0.15, -0.1) is 0 Å². The van der Waals surface area contributed by atoms with E-state index < -0.39 is 29.3 Å². The molecule has 1 aromatic carbocycles. The molecule has 2 rings (SSSR count). The molecule has 1 aliphatic rings. The highest BCUT2D eigenvalue weighted by Gasteiger charge is 2.59. The molecule has 118 valence electrons. The molecule has 0 aliphatic carbocycles. The van der Waals surface area contributed by atoms with Gasteiger partial charge in [0.05, 0.1) is 0 Å². The van der Waals surface area contributed by atoms with Gasteiger partial charge in [-0.05, 0) is 19.4 Å². The standard InChI is InChI=1S/C13H16Cl3O4P/c1-12(2)8-10(9-6-4-3-5-7-9)19-21(18,20-12)11(17)13(14,15)16/h3-7,10-11,17H,8H2,1-2H3/t10-,11+,21?/m1/s1. The summed E-state index contributed by atoms with van der Waals surface area (Å²) in [6, 6.07) is 9.24. The number of hydrogen-bond acceptors (Lipinski definition) is 4. The van der Waals surface area contributed by atoms with E-state index >= 15 is 0 Å². The maximum absolute atomic E-state index is 12.8. The lowest BCUT2D eigenvalue weighted by atomic mass is 9.96. The van der Waals surface area contributed by atoms with Crippen LogP contribution in [0.5, 0.6) is 0 Å². The van der Waals surface area contributed by atoms with Gasteiger partial charge in [-0.1, -0.05) is 65.1 Å². The number of alkyl halides is 3. The highest BCUT2D eigenvalue weighted by molar-refractivity contribution is 7.60. The monoisotopic (exact) mass is 372 g/mol. The molecule has 1 unspecified atom stereocenters. The van der Waals surface area contributed by atoms with Crippen molar-refractivity contribution in [3.63, 3.8) is 0 Å². The van der Waals surface area contributed by atoms with E-state index in [0.717, 1.165) is 5.56 Å². The first-order chi connectivity index (χ1) is 9.54. The summed E-state index contributed by atoms with van der Waals surface area (Å²) in [5.74, 6) is -1.86. The molecular formula is C13H16Cl3O4P. The number of benzene rings is 1. The Morgan fingerprint density at radius 1 is 1.33 bits per heavy atom. The lowest BCUT2D eigenvalue weighted by Gasteiger charge is -2.45. The van der Waals surface area contributed by atoms with Crippen LogP contribution >= 0.6 is 42.7 Å². The summed E-state index contributed by atoms with van der Waals surface area (Å²) < 4.78 is 8.78. The third-order valence-corrected chi connectivity index (χ3v) is 6.45. The lowest BCUT2D eigenvalue weighted by Crippen LogP contribution is -2.45. The second-order valence-corrected chi connectivity index (χ2v) is 9.85. The van der Waals surface area contributed by atoms with Crippen LogP contribution in [0.4, 0.5) is 0 Å². The Balaban J connectivity index is 2.32. The Hall–Kier alpha value is 0.360. The van der Waals surface area contributed by atoms with E-state index in [4.69, 9.17) is 43.9 Å². The van der Waals surface area contributed by atoms with E-state index in [1.54, 1.807) is 13.8 Å². The summed E-state index contributed by atoms with van der Waals surface area (Å²) in [6.45, 7) is 3.51. The van der Waals surface area contributed by atoms with Crippen LogP contribution in [0, 0.1) is 0 Å². The third-order valence-electron chi connectivity index (χ3n) is 3.09. The van der Waals surface area contributed by atoms with Gasteiger partial charge in [-0.2, -0.15) is 0 Å². The van der Waals surface area contributed by atoms with E-state index in [-0.39, 0.29) is 0 Å². The van der Waals surface area contributed by atoms with Crippen molar-refractivity contribution in [2.45, 2.75) is 41.6 Å². The lowest BCUT2D eigenvalue weighted by molar-refractivity contribution is -0.256. The summed E-state index contributed by atoms with van der Waals surface area (Å²) in [4.78, 5) is 12.8. The Labute approximate surface area is 139 Å². The predicted molar refractivity (Wildman–Crippen MR) is 83.3 cm³/mol. The Morgan fingerprint density at radius 2 is 1.90 bits per heavy atom. The molecule has 3 atom stereocenters. The summed E-state index contributed by atoms with van der Waals surface area (Å²) in [7, 11) is -4.01. The molecule has 0 bridgehead atoms. The van der Waals surface area contributed by atoms with Crippen LogP contribution in [0.3, 0.4) is 0 Å². The van der Waals surface area contributed by atoms with E-state index in [1.807, 2.05) is 30.3 Å². The van der Waals surface area contributed by atoms with E-state index in [9.17, 15) is 10.00 Å². The van der Waals surface area contributed by atoms with Gasteiger partial charge in [0, 0.05) is 6.42 Å². The minimum Gasteiger partial charge on any atom is -0.629 e. The quantitative estimate of drug-likeness (QED) is 0.633. The van der Waals surface area contributed by atoms with Gasteiger partial charge in [0.15, 0.2) is 0 Å². The van der Waals surface area contributed by atoms with Crippen molar-refractivity contribution < 1.29 is 19.0 Å². The highest BCUT2D eigenvalue weighted by atomic mass is 35.6. The number of rotatable bonds is 2. The van der Waals surface area contributed by atoms with Crippen molar-refractivity contribution in [2.24, 2.45) is 0 Å². The molecule has 0 radical (unpaired) electrons. The number of halogens is 3. The van der Waals surface area contributed by atoms with Crippen LogP contribution in [0.1, 0.15) is 31.9 Å². The van der Waals surface area contributed by atoms with Crippen LogP contribution in [-0.2, 0) is 9.05 Å². The molecule has 8 heteroatoms. The van der Waals surface area contributed by atoms with Crippen LogP contribution in [-0.4, -0.2) is 20.3 Å². The second kappa shape index (κ2) is 6.10. The molecule has 0 spiro atoms. The van der Waals surface area contributed by atoms with Crippen molar-refractivity contribution in [1.29, 1.82) is 0 Å². The number of aliphatic hydroxyl groups is 1. The van der Waals surface area contributed by atoms with Crippen LogP contribution in [0.25, 0.3) is 0 Å². The summed E-state index contributed by atoms with van der Waals surface area (Å²) >= 11 is 16.9. The fraction of sp³-hybridized carbons (Fsp3) is 0.538. The van der Waals surface area contributed by atoms with Gasteiger partial charge in [0.25, 0.3) is 17.6 Å². The maximum Gasteiger partial charge on any atom is 0.273 e. The minimum absolute atomic E-state index is 0.466. The number of aliphatic hydroxyl groups excluding tert-OH is 1. The average Bonchev–Trinajstić information content (AvgIpc) is 2.35. The third kappa shape index (κ3) is 4.21. The molecular weight excluding hydrogens is 357 g/mol. The second-order valence-electron chi connectivity index (χ2n) is 5.51. The molecule has 0 saturated carbocycles. The van der Waals surface area contributed by atoms with E-state index in [0.29, 0.717) is 6.42 Å². The SMILES string of the molecule is CC1(C)C[C@H](c2ccccc2)O[P+]([O-])([C@H](O)C(Cl)(Cl)Cl)O1. The molecule has 0 amide bonds. The number of hydrogen-bond donors (Lipinski definition) is 1. The zero-order valence-corrected chi connectivity index (χ0v) is 14.7. The smallest absolute Gasteiger partial charge is 0.273 e. The molecule has 1 fully saturated rings. The minimum atomic E-state index is -4.01. The Bertz CT molecular complexity index is 494. The fourth-order valence-electron chi connectivity index (χ4n) is 2.20. The van der Waals surface area contributed by atoms with Gasteiger partial charge in [0.2, 0.25) is 0 Å². The molecule has 1 N–H and O–H groups in total. The van der Waals surface area contributed by atoms with Crippen molar-refractivity contribution in [1.82, 2.24) is 0 Å². The molecule has 0 aromatic heterocycles. The van der Waals surface area contributed by atoms with Crippen LogP contribution in [0.2, 0.25) is 0 Å². The van der Waals surface area contributed by atoms with Gasteiger partial charge >= 0.3 is 0 Å². The first kappa shape index (κ1) is 17.7. The van der Waals surface area contributed by atoms with E-state index in [1.165, 1.54) is 0 Å². The molecule has 1 aliphatic heterocycles. The van der Waals surface area contributed by atoms with Crippen molar-refractivity contribution >= 4 is 42.7 Å². The largest absolute Gasteiger partial charge is 0.629 e. The first-order valence-corrected chi connectivity index (χ1v) is 9.07. The Morgan fingerprint density at radius 3 is 2.43 bits per heavy atom. The van der Waals surface area contributed by atoms with Gasteiger partial charge in [-0.3, -0.25) is 0 Å². The zero-order valence-electron chi connectivity index (χ0n) is 11.5. The van der Waals surface area contributed by atoms with Crippen LogP contribution in [0.15, 0.2) is 30.3 Å². The summed E-state index contributed by atoms with van der Waals surface area (Å²) in [6.07, 6.45) is -0.0455. The summed E-state index contributed by atoms with van der Waals surface area (Å²) in [5, 5.41) is 10.1. The van der Waals surface area contributed by atoms with Crippen molar-refractivity contribution in [3.05, 3.63) is 35.9 Å². The topological polar surface area (TPSA) is 61.8 Å². The predicted octanol–water partition coefficient (Wildman–Crippen LogP) is 3.75. The Kier molecular flexibility index (Phi) is 5.15. The first-order valence-electron chi connectivity index (χ1n) is 6.32. The zero-order chi connectivity index (χ0) is 15.9. The fourth-order valence-corrected chi connectivity index (χ4v) is 5.20. The molecule has 1 saturated heterocycles. The highest BCUT2D eigenvalue weighted by Crippen LogP contribution is 2.69. The van der Waals surface area contributed by atoms with E-state index in [2.05, 4.69) is 0 Å². The molecule has 1 aromatic rings. The normalized spacial score (nSPS) is 30.9. The van der Waals surface area contributed by atoms with Gasteiger partial charge < -0.3 is 10.00 Å². The molecule has 21 heavy (non-hydrogen) atoms. The van der Waals surface area contributed by atoms with Gasteiger partial charge in [-0.25, -0.2) is 9.05 Å². The van der Waals surface area contributed by atoms with Crippen molar-refractivity contribution in [2.75, 3.05) is 0 Å². The average molecular weight is 374 g/mol. The maximum atomic E-state index is 12.8. The van der Waals surface area contributed by atoms with Gasteiger partial charge in [0.1, 0.15) is 11.7 Å².